The number of hydrogen-bond acceptors (Lipinski definition) is 6. The van der Waals surface area contributed by atoms with E-state index in [0.29, 0.717) is 23.0 Å². The number of nitrogens with two attached hydrogens (primary N) is 1. The normalized spacial score (nSPS) is 11.2. The Bertz CT molecular complexity index is 1220. The Morgan fingerprint density at radius 3 is 2.53 bits per heavy atom. The van der Waals surface area contributed by atoms with Crippen molar-refractivity contribution in [2.45, 2.75) is 10.6 Å². The van der Waals surface area contributed by atoms with Crippen molar-refractivity contribution < 1.29 is 22.8 Å². The lowest BCUT2D eigenvalue weighted by Crippen LogP contribution is -2.38. The molecule has 0 aliphatic carbocycles. The summed E-state index contributed by atoms with van der Waals surface area (Å²) in [5.74, 6) is -0.888. The average Bonchev–Trinajstić information content (AvgIpc) is 3.12. The fourth-order valence-electron chi connectivity index (χ4n) is 2.86. The molecule has 1 heterocycles. The zero-order chi connectivity index (χ0) is 21.9. The maximum atomic E-state index is 12.8. The van der Waals surface area contributed by atoms with E-state index in [0.717, 1.165) is 0 Å². The number of benzene rings is 2. The maximum absolute atomic E-state index is 12.8. The van der Waals surface area contributed by atoms with E-state index in [4.69, 9.17) is 5.73 Å². The number of urea groups is 1. The molecule has 3 aromatic rings. The minimum Gasteiger partial charge on any atom is -0.366 e. The highest BCUT2D eigenvalue weighted by atomic mass is 32.2. The second-order valence-corrected chi connectivity index (χ2v) is 8.40. The van der Waals surface area contributed by atoms with Crippen molar-refractivity contribution in [1.29, 1.82) is 0 Å². The molecule has 0 fully saturated rings. The van der Waals surface area contributed by atoms with Crippen molar-refractivity contribution in [2.75, 3.05) is 18.5 Å². The lowest BCUT2D eigenvalue weighted by atomic mass is 10.2. The summed E-state index contributed by atoms with van der Waals surface area (Å²) in [6.45, 7) is -0.120. The standard InChI is InChI=1S/C19H19N5O5S/c1-24(19(27)21-9-10-25)12-5-7-13(8-6-12)30(28,29)11-16-22-15-4-2-3-14(18(20)26)17(15)23-16/h2-8,10H,9,11H2,1H3,(H2,20,26)(H,21,27)(H,22,23). The number of nitrogens with zero attached hydrogens (tertiary/aromatic N) is 2. The van der Waals surface area contributed by atoms with Gasteiger partial charge in [-0.15, -0.1) is 0 Å². The first kappa shape index (κ1) is 21.0. The van der Waals surface area contributed by atoms with E-state index in [1.807, 2.05) is 0 Å². The number of carbonyl (C=O) groups excluding carboxylic acids is 3. The first-order valence-corrected chi connectivity index (χ1v) is 10.4. The molecule has 1 aromatic heterocycles. The summed E-state index contributed by atoms with van der Waals surface area (Å²) in [5, 5.41) is 2.39. The molecule has 10 nitrogen and oxygen atoms in total. The van der Waals surface area contributed by atoms with Crippen LogP contribution in [0.4, 0.5) is 10.5 Å². The van der Waals surface area contributed by atoms with Crippen LogP contribution in [0.1, 0.15) is 16.2 Å². The second kappa shape index (κ2) is 8.33. The summed E-state index contributed by atoms with van der Waals surface area (Å²) in [6.07, 6.45) is 0.561. The molecule has 3 rings (SSSR count). The molecule has 0 atom stereocenters. The van der Waals surface area contributed by atoms with Gasteiger partial charge in [0.25, 0.3) is 5.91 Å². The van der Waals surface area contributed by atoms with Gasteiger partial charge in [-0.1, -0.05) is 6.07 Å². The number of fused-ring (bicyclic) bond motifs is 1. The minimum absolute atomic E-state index is 0.0449. The highest BCUT2D eigenvalue weighted by molar-refractivity contribution is 7.90. The number of primary amides is 1. The number of rotatable bonds is 7. The van der Waals surface area contributed by atoms with E-state index in [1.165, 1.54) is 42.3 Å². The van der Waals surface area contributed by atoms with E-state index in [2.05, 4.69) is 15.3 Å². The Morgan fingerprint density at radius 2 is 1.90 bits per heavy atom. The van der Waals surface area contributed by atoms with Gasteiger partial charge in [0, 0.05) is 12.7 Å². The number of imidazole rings is 1. The van der Waals surface area contributed by atoms with E-state index >= 15 is 0 Å². The number of carbonyl (C=O) groups is 3. The molecular weight excluding hydrogens is 410 g/mol. The van der Waals surface area contributed by atoms with Crippen molar-refractivity contribution in [1.82, 2.24) is 15.3 Å². The second-order valence-electron chi connectivity index (χ2n) is 6.41. The summed E-state index contributed by atoms with van der Waals surface area (Å²) in [4.78, 5) is 42.2. The fraction of sp³-hybridized carbons (Fsp3) is 0.158. The highest BCUT2D eigenvalue weighted by Gasteiger charge is 2.20. The zero-order valence-electron chi connectivity index (χ0n) is 16.0. The van der Waals surface area contributed by atoms with Gasteiger partial charge in [0.1, 0.15) is 23.4 Å². The predicted octanol–water partition coefficient (Wildman–Crippen LogP) is 0.980. The summed E-state index contributed by atoms with van der Waals surface area (Å²) in [7, 11) is -2.25. The Hall–Kier alpha value is -3.73. The number of anilines is 1. The third kappa shape index (κ3) is 4.30. The van der Waals surface area contributed by atoms with Crippen LogP contribution >= 0.6 is 0 Å². The van der Waals surface area contributed by atoms with Gasteiger partial charge >= 0.3 is 6.03 Å². The number of hydrogen-bond donors (Lipinski definition) is 3. The molecule has 0 radical (unpaired) electrons. The Kier molecular flexibility index (Phi) is 5.83. The quantitative estimate of drug-likeness (QED) is 0.476. The number of aromatic nitrogens is 2. The zero-order valence-corrected chi connectivity index (χ0v) is 16.8. The predicted molar refractivity (Wildman–Crippen MR) is 110 cm³/mol. The number of aldehydes is 1. The van der Waals surface area contributed by atoms with Crippen LogP contribution in [0, 0.1) is 0 Å². The van der Waals surface area contributed by atoms with Gasteiger partial charge in [0.05, 0.1) is 22.5 Å². The summed E-state index contributed by atoms with van der Waals surface area (Å²) < 4.78 is 25.5. The van der Waals surface area contributed by atoms with Crippen molar-refractivity contribution in [2.24, 2.45) is 5.73 Å². The lowest BCUT2D eigenvalue weighted by molar-refractivity contribution is -0.107. The molecule has 0 unspecified atom stereocenters. The fourth-order valence-corrected chi connectivity index (χ4v) is 4.07. The molecule has 0 saturated carbocycles. The lowest BCUT2D eigenvalue weighted by Gasteiger charge is -2.17. The number of aromatic amines is 1. The molecule has 0 spiro atoms. The van der Waals surface area contributed by atoms with Gasteiger partial charge < -0.3 is 20.8 Å². The number of sulfone groups is 1. The molecule has 156 valence electrons. The SMILES string of the molecule is CN(C(=O)NCC=O)c1ccc(S(=O)(=O)Cc2nc3c(C(N)=O)cccc3[nH]2)cc1. The van der Waals surface area contributed by atoms with Gasteiger partial charge in [-0.25, -0.2) is 18.2 Å². The van der Waals surface area contributed by atoms with E-state index in [9.17, 15) is 22.8 Å². The molecule has 30 heavy (non-hydrogen) atoms. The van der Waals surface area contributed by atoms with Crippen molar-refractivity contribution in [3.05, 3.63) is 53.9 Å². The van der Waals surface area contributed by atoms with Gasteiger partial charge in [-0.3, -0.25) is 9.69 Å². The van der Waals surface area contributed by atoms with Crippen LogP contribution in [0.3, 0.4) is 0 Å². The first-order chi connectivity index (χ1) is 14.2. The largest absolute Gasteiger partial charge is 0.366 e. The summed E-state index contributed by atoms with van der Waals surface area (Å²) >= 11 is 0. The van der Waals surface area contributed by atoms with Crippen LogP contribution in [0.15, 0.2) is 47.4 Å². The molecule has 3 amide bonds. The van der Waals surface area contributed by atoms with Crippen LogP contribution < -0.4 is 16.0 Å². The maximum Gasteiger partial charge on any atom is 0.321 e. The number of H-pyrrole nitrogens is 1. The molecule has 4 N–H and O–H groups in total. The molecule has 0 bridgehead atoms. The van der Waals surface area contributed by atoms with Crippen molar-refractivity contribution in [3.63, 3.8) is 0 Å². The van der Waals surface area contributed by atoms with Gasteiger partial charge in [-0.05, 0) is 36.4 Å². The van der Waals surface area contributed by atoms with Crippen LogP contribution in [0.25, 0.3) is 11.0 Å². The van der Waals surface area contributed by atoms with E-state index in [1.54, 1.807) is 12.1 Å². The van der Waals surface area contributed by atoms with Crippen molar-refractivity contribution >= 4 is 44.8 Å². The molecule has 11 heteroatoms. The number of amides is 3. The van der Waals surface area contributed by atoms with Crippen LogP contribution in [0.5, 0.6) is 0 Å². The van der Waals surface area contributed by atoms with Crippen LogP contribution in [-0.2, 0) is 20.4 Å². The smallest absolute Gasteiger partial charge is 0.321 e. The van der Waals surface area contributed by atoms with Gasteiger partial charge in [0.2, 0.25) is 0 Å². The number of para-hydroxylation sites is 1. The minimum atomic E-state index is -3.75. The average molecular weight is 429 g/mol. The highest BCUT2D eigenvalue weighted by Crippen LogP contribution is 2.22. The summed E-state index contributed by atoms with van der Waals surface area (Å²) in [5.41, 5.74) is 6.81. The third-order valence-electron chi connectivity index (χ3n) is 4.38. The molecule has 2 aromatic carbocycles. The van der Waals surface area contributed by atoms with E-state index in [-0.39, 0.29) is 22.8 Å². The van der Waals surface area contributed by atoms with E-state index < -0.39 is 27.5 Å². The third-order valence-corrected chi connectivity index (χ3v) is 6.02. The number of nitrogens with one attached hydrogen (secondary N) is 2. The molecule has 0 aliphatic rings. The first-order valence-electron chi connectivity index (χ1n) is 8.78. The van der Waals surface area contributed by atoms with Gasteiger partial charge in [0.15, 0.2) is 9.84 Å². The van der Waals surface area contributed by atoms with Gasteiger partial charge in [-0.2, -0.15) is 0 Å². The Morgan fingerprint density at radius 1 is 1.20 bits per heavy atom. The Balaban J connectivity index is 1.81. The van der Waals surface area contributed by atoms with Crippen LogP contribution in [-0.4, -0.2) is 50.2 Å². The van der Waals surface area contributed by atoms with Crippen molar-refractivity contribution in [3.8, 4) is 0 Å². The molecule has 0 aliphatic heterocycles. The monoisotopic (exact) mass is 429 g/mol. The van der Waals surface area contributed by atoms with Crippen LogP contribution in [0.2, 0.25) is 0 Å². The topological polar surface area (TPSA) is 155 Å². The molecular formula is C19H19N5O5S. The molecule has 0 saturated heterocycles. The Labute approximate surface area is 172 Å². The summed E-state index contributed by atoms with van der Waals surface area (Å²) in [6, 6.07) is 10.0.